The Balaban J connectivity index is 3.36. The number of likely N-dealkylation sites (N-methyl/N-ethyl adjacent to an activating group) is 1. The summed E-state index contributed by atoms with van der Waals surface area (Å²) in [5, 5.41) is -0.518. The lowest BCUT2D eigenvalue weighted by atomic mass is 10.1. The maximum Gasteiger partial charge on any atom is 0.182 e. The summed E-state index contributed by atoms with van der Waals surface area (Å²) in [6, 6.07) is 0. The molecule has 0 aliphatic heterocycles. The van der Waals surface area contributed by atoms with E-state index in [0.29, 0.717) is 18.5 Å². The molecule has 0 unspecified atom stereocenters. The molecule has 1 rings (SSSR count). The SMILES string of the molecule is CC(C)S(=O)(=O)c1cnc(N)c(N)c1CCN(C)C. The second-order valence-corrected chi connectivity index (χ2v) is 7.52. The molecule has 0 atom stereocenters. The minimum atomic E-state index is -3.41. The van der Waals surface area contributed by atoms with Crippen molar-refractivity contribution >= 4 is 21.3 Å². The van der Waals surface area contributed by atoms with Gasteiger partial charge in [-0.25, -0.2) is 13.4 Å². The zero-order valence-corrected chi connectivity index (χ0v) is 12.7. The van der Waals surface area contributed by atoms with Crippen molar-refractivity contribution in [1.29, 1.82) is 0 Å². The Labute approximate surface area is 114 Å². The molecule has 1 heterocycles. The summed E-state index contributed by atoms with van der Waals surface area (Å²) in [5.74, 6) is 0.177. The second-order valence-electron chi connectivity index (χ2n) is 5.05. The number of pyridine rings is 1. The van der Waals surface area contributed by atoms with Crippen molar-refractivity contribution in [1.82, 2.24) is 9.88 Å². The van der Waals surface area contributed by atoms with Crippen LogP contribution in [-0.2, 0) is 16.3 Å². The predicted molar refractivity (Wildman–Crippen MR) is 77.6 cm³/mol. The zero-order valence-electron chi connectivity index (χ0n) is 11.8. The molecule has 1 aromatic rings. The minimum absolute atomic E-state index is 0.177. The zero-order chi connectivity index (χ0) is 14.8. The van der Waals surface area contributed by atoms with Crippen LogP contribution in [0.2, 0.25) is 0 Å². The lowest BCUT2D eigenvalue weighted by molar-refractivity contribution is 0.412. The van der Waals surface area contributed by atoms with Crippen LogP contribution in [0.3, 0.4) is 0 Å². The molecule has 0 aromatic carbocycles. The fraction of sp³-hybridized carbons (Fsp3) is 0.583. The third-order valence-electron chi connectivity index (χ3n) is 2.96. The van der Waals surface area contributed by atoms with Gasteiger partial charge in [0.1, 0.15) is 5.82 Å². The average Bonchev–Trinajstić information content (AvgIpc) is 2.30. The van der Waals surface area contributed by atoms with Crippen LogP contribution in [0.4, 0.5) is 11.5 Å². The average molecular weight is 286 g/mol. The van der Waals surface area contributed by atoms with Crippen LogP contribution >= 0.6 is 0 Å². The Morgan fingerprint density at radius 1 is 1.32 bits per heavy atom. The van der Waals surface area contributed by atoms with Gasteiger partial charge in [-0.3, -0.25) is 0 Å². The van der Waals surface area contributed by atoms with Gasteiger partial charge in [0.05, 0.1) is 15.8 Å². The van der Waals surface area contributed by atoms with Crippen molar-refractivity contribution in [3.8, 4) is 0 Å². The van der Waals surface area contributed by atoms with Crippen LogP contribution < -0.4 is 11.5 Å². The van der Waals surface area contributed by atoms with E-state index in [4.69, 9.17) is 11.5 Å². The fourth-order valence-electron chi connectivity index (χ4n) is 1.66. The number of sulfone groups is 1. The van der Waals surface area contributed by atoms with Gasteiger partial charge in [-0.15, -0.1) is 0 Å². The van der Waals surface area contributed by atoms with E-state index < -0.39 is 15.1 Å². The molecular formula is C12H22N4O2S. The van der Waals surface area contributed by atoms with Crippen LogP contribution in [0, 0.1) is 0 Å². The molecule has 0 bridgehead atoms. The highest BCUT2D eigenvalue weighted by atomic mass is 32.2. The van der Waals surface area contributed by atoms with Gasteiger partial charge in [-0.2, -0.15) is 0 Å². The molecule has 0 spiro atoms. The molecule has 108 valence electrons. The third kappa shape index (κ3) is 3.36. The highest BCUT2D eigenvalue weighted by Gasteiger charge is 2.25. The first-order valence-corrected chi connectivity index (χ1v) is 7.64. The van der Waals surface area contributed by atoms with E-state index in [0.717, 1.165) is 0 Å². The van der Waals surface area contributed by atoms with Crippen molar-refractivity contribution in [2.45, 2.75) is 30.4 Å². The van der Waals surface area contributed by atoms with E-state index in [1.165, 1.54) is 6.20 Å². The molecule has 0 aliphatic carbocycles. The molecule has 7 heteroatoms. The number of hydrogen-bond donors (Lipinski definition) is 2. The van der Waals surface area contributed by atoms with Gasteiger partial charge in [-0.05, 0) is 34.4 Å². The number of hydrogen-bond acceptors (Lipinski definition) is 6. The van der Waals surface area contributed by atoms with E-state index >= 15 is 0 Å². The van der Waals surface area contributed by atoms with E-state index in [9.17, 15) is 8.42 Å². The standard InChI is InChI=1S/C12H22N4O2S/c1-8(2)19(17,18)10-7-15-12(14)11(13)9(10)5-6-16(3)4/h7-8H,5-6,13H2,1-4H3,(H2,14,15). The third-order valence-corrected chi connectivity index (χ3v) is 5.16. The highest BCUT2D eigenvalue weighted by Crippen LogP contribution is 2.28. The molecule has 1 aromatic heterocycles. The second kappa shape index (κ2) is 5.75. The van der Waals surface area contributed by atoms with E-state index in [1.54, 1.807) is 13.8 Å². The summed E-state index contributed by atoms with van der Waals surface area (Å²) in [4.78, 5) is 6.03. The van der Waals surface area contributed by atoms with Crippen LogP contribution in [0.5, 0.6) is 0 Å². The summed E-state index contributed by atoms with van der Waals surface area (Å²) in [7, 11) is 0.417. The lowest BCUT2D eigenvalue weighted by Gasteiger charge is -2.17. The summed E-state index contributed by atoms with van der Waals surface area (Å²) in [5.41, 5.74) is 12.4. The number of nitrogen functional groups attached to an aromatic ring is 2. The molecule has 4 N–H and O–H groups in total. The first-order chi connectivity index (χ1) is 8.67. The van der Waals surface area contributed by atoms with E-state index in [2.05, 4.69) is 4.98 Å². The van der Waals surface area contributed by atoms with Crippen molar-refractivity contribution in [3.05, 3.63) is 11.8 Å². The number of anilines is 2. The molecule has 6 nitrogen and oxygen atoms in total. The van der Waals surface area contributed by atoms with Crippen molar-refractivity contribution in [2.24, 2.45) is 0 Å². The Kier molecular flexibility index (Phi) is 4.75. The molecule has 0 amide bonds. The summed E-state index contributed by atoms with van der Waals surface area (Å²) >= 11 is 0. The largest absolute Gasteiger partial charge is 0.395 e. The highest BCUT2D eigenvalue weighted by molar-refractivity contribution is 7.92. The maximum absolute atomic E-state index is 12.3. The summed E-state index contributed by atoms with van der Waals surface area (Å²) in [6.45, 7) is 3.96. The number of nitrogens with two attached hydrogens (primary N) is 2. The van der Waals surface area contributed by atoms with Gasteiger partial charge in [0.15, 0.2) is 9.84 Å². The molecule has 19 heavy (non-hydrogen) atoms. The lowest BCUT2D eigenvalue weighted by Crippen LogP contribution is -2.21. The molecule has 0 aliphatic rings. The molecule has 0 radical (unpaired) electrons. The van der Waals surface area contributed by atoms with Gasteiger partial charge in [0.25, 0.3) is 0 Å². The Hall–Kier alpha value is -1.34. The number of aromatic nitrogens is 1. The van der Waals surface area contributed by atoms with Gasteiger partial charge in [-0.1, -0.05) is 0 Å². The quantitative estimate of drug-likeness (QED) is 0.818. The number of nitrogens with zero attached hydrogens (tertiary/aromatic N) is 2. The summed E-state index contributed by atoms with van der Waals surface area (Å²) in [6.07, 6.45) is 1.83. The fourth-order valence-corrected chi connectivity index (χ4v) is 2.92. The van der Waals surface area contributed by atoms with Gasteiger partial charge >= 0.3 is 0 Å². The molecule has 0 saturated carbocycles. The smallest absolute Gasteiger partial charge is 0.182 e. The predicted octanol–water partition coefficient (Wildman–Crippen LogP) is 0.532. The van der Waals surface area contributed by atoms with E-state index in [1.807, 2.05) is 19.0 Å². The van der Waals surface area contributed by atoms with Crippen molar-refractivity contribution < 1.29 is 8.42 Å². The Bertz CT molecular complexity index is 553. The molecule has 0 saturated heterocycles. The van der Waals surface area contributed by atoms with Crippen LogP contribution in [0.25, 0.3) is 0 Å². The summed E-state index contributed by atoms with van der Waals surface area (Å²) < 4.78 is 24.6. The minimum Gasteiger partial charge on any atom is -0.395 e. The Morgan fingerprint density at radius 3 is 2.37 bits per heavy atom. The van der Waals surface area contributed by atoms with Crippen LogP contribution in [0.1, 0.15) is 19.4 Å². The van der Waals surface area contributed by atoms with Crippen LogP contribution in [0.15, 0.2) is 11.1 Å². The number of rotatable bonds is 5. The normalized spacial score (nSPS) is 12.3. The van der Waals surface area contributed by atoms with Crippen molar-refractivity contribution in [2.75, 3.05) is 32.1 Å². The Morgan fingerprint density at radius 2 is 1.89 bits per heavy atom. The molecular weight excluding hydrogens is 264 g/mol. The van der Waals surface area contributed by atoms with Crippen LogP contribution in [-0.4, -0.2) is 44.2 Å². The maximum atomic E-state index is 12.3. The van der Waals surface area contributed by atoms with Gasteiger partial charge < -0.3 is 16.4 Å². The first kappa shape index (κ1) is 15.7. The first-order valence-electron chi connectivity index (χ1n) is 6.09. The van der Waals surface area contributed by atoms with E-state index in [-0.39, 0.29) is 16.4 Å². The monoisotopic (exact) mass is 286 g/mol. The van der Waals surface area contributed by atoms with Crippen molar-refractivity contribution in [3.63, 3.8) is 0 Å². The van der Waals surface area contributed by atoms with Gasteiger partial charge in [0.2, 0.25) is 0 Å². The topological polar surface area (TPSA) is 102 Å². The molecule has 0 fully saturated rings. The van der Waals surface area contributed by atoms with Gasteiger partial charge in [0, 0.05) is 18.3 Å².